The highest BCUT2D eigenvalue weighted by Gasteiger charge is 2.17. The Balaban J connectivity index is 1.82. The number of rotatable bonds is 5. The van der Waals surface area contributed by atoms with Crippen LogP contribution >= 0.6 is 11.3 Å². The van der Waals surface area contributed by atoms with Gasteiger partial charge in [-0.2, -0.15) is 0 Å². The molecule has 0 aliphatic heterocycles. The molecule has 4 nitrogen and oxygen atoms in total. The quantitative estimate of drug-likeness (QED) is 0.681. The highest BCUT2D eigenvalue weighted by atomic mass is 32.1. The van der Waals surface area contributed by atoms with Gasteiger partial charge in [-0.25, -0.2) is 4.39 Å². The number of hydrogen-bond acceptors (Lipinski definition) is 4. The van der Waals surface area contributed by atoms with E-state index >= 15 is 0 Å². The Kier molecular flexibility index (Phi) is 4.90. The topological polar surface area (TPSA) is 38.8 Å². The number of carbonyl (C=O) groups excluding carboxylic acids is 1. The second-order valence-electron chi connectivity index (χ2n) is 5.63. The molecule has 0 aliphatic rings. The first-order chi connectivity index (χ1) is 12.0. The van der Waals surface area contributed by atoms with Crippen LogP contribution in [0, 0.1) is 5.82 Å². The van der Waals surface area contributed by atoms with Crippen LogP contribution in [0.1, 0.15) is 15.2 Å². The SMILES string of the molecule is COc1ccc(CN(C)C(=O)c2cc3ccc(F)cc3s2)c(OC)c1. The van der Waals surface area contributed by atoms with Gasteiger partial charge in [0.25, 0.3) is 5.91 Å². The van der Waals surface area contributed by atoms with Crippen molar-refractivity contribution in [3.63, 3.8) is 0 Å². The molecule has 2 aromatic carbocycles. The summed E-state index contributed by atoms with van der Waals surface area (Å²) in [5.74, 6) is 0.947. The van der Waals surface area contributed by atoms with E-state index in [1.54, 1.807) is 44.4 Å². The van der Waals surface area contributed by atoms with Gasteiger partial charge in [0.2, 0.25) is 0 Å². The molecule has 1 aromatic heterocycles. The van der Waals surface area contributed by atoms with E-state index in [0.29, 0.717) is 22.9 Å². The molecule has 0 bridgehead atoms. The number of nitrogens with zero attached hydrogens (tertiary/aromatic N) is 1. The Morgan fingerprint density at radius 2 is 1.92 bits per heavy atom. The smallest absolute Gasteiger partial charge is 0.264 e. The first-order valence-corrected chi connectivity index (χ1v) is 8.49. The standard InChI is InChI=1S/C19H18FNO3S/c1-21(11-13-5-7-15(23-2)10-16(13)24-3)19(22)18-8-12-4-6-14(20)9-17(12)25-18/h4-10H,11H2,1-3H3. The van der Waals surface area contributed by atoms with Crippen molar-refractivity contribution in [2.75, 3.05) is 21.3 Å². The third-order valence-electron chi connectivity index (χ3n) is 3.94. The molecule has 25 heavy (non-hydrogen) atoms. The number of halogens is 1. The summed E-state index contributed by atoms with van der Waals surface area (Å²) in [4.78, 5) is 14.9. The maximum Gasteiger partial charge on any atom is 0.264 e. The minimum absolute atomic E-state index is 0.112. The molecule has 3 rings (SSSR count). The molecule has 130 valence electrons. The maximum atomic E-state index is 13.3. The minimum atomic E-state index is -0.301. The van der Waals surface area contributed by atoms with Crippen LogP contribution in [0.4, 0.5) is 4.39 Å². The Bertz CT molecular complexity index is 922. The van der Waals surface area contributed by atoms with Crippen LogP contribution in [0.3, 0.4) is 0 Å². The molecular weight excluding hydrogens is 341 g/mol. The van der Waals surface area contributed by atoms with Crippen LogP contribution in [-0.4, -0.2) is 32.1 Å². The van der Waals surface area contributed by atoms with Crippen molar-refractivity contribution in [2.45, 2.75) is 6.54 Å². The van der Waals surface area contributed by atoms with Crippen molar-refractivity contribution >= 4 is 27.3 Å². The van der Waals surface area contributed by atoms with Crippen molar-refractivity contribution in [3.05, 3.63) is 58.7 Å². The fourth-order valence-corrected chi connectivity index (χ4v) is 3.69. The summed E-state index contributed by atoms with van der Waals surface area (Å²) in [6.07, 6.45) is 0. The molecule has 0 unspecified atom stereocenters. The molecule has 0 saturated carbocycles. The number of fused-ring (bicyclic) bond motifs is 1. The Labute approximate surface area is 149 Å². The van der Waals surface area contributed by atoms with E-state index in [2.05, 4.69) is 0 Å². The van der Waals surface area contributed by atoms with E-state index in [-0.39, 0.29) is 11.7 Å². The molecule has 0 aliphatic carbocycles. The summed E-state index contributed by atoms with van der Waals surface area (Å²) in [6, 6.07) is 11.8. The van der Waals surface area contributed by atoms with Crippen LogP contribution in [0.15, 0.2) is 42.5 Å². The Morgan fingerprint density at radius 1 is 1.12 bits per heavy atom. The lowest BCUT2D eigenvalue weighted by atomic mass is 10.1. The summed E-state index contributed by atoms with van der Waals surface area (Å²) in [7, 11) is 4.91. The second-order valence-corrected chi connectivity index (χ2v) is 6.72. The van der Waals surface area contributed by atoms with Crippen LogP contribution in [0.2, 0.25) is 0 Å². The third kappa shape index (κ3) is 3.58. The van der Waals surface area contributed by atoms with Gasteiger partial charge < -0.3 is 14.4 Å². The Morgan fingerprint density at radius 3 is 2.64 bits per heavy atom. The van der Waals surface area contributed by atoms with Crippen molar-refractivity contribution in [1.29, 1.82) is 0 Å². The predicted molar refractivity (Wildman–Crippen MR) is 97.1 cm³/mol. The molecule has 0 N–H and O–H groups in total. The first kappa shape index (κ1) is 17.2. The first-order valence-electron chi connectivity index (χ1n) is 7.67. The second kappa shape index (κ2) is 7.11. The van der Waals surface area contributed by atoms with Crippen molar-refractivity contribution in [3.8, 4) is 11.5 Å². The minimum Gasteiger partial charge on any atom is -0.497 e. The van der Waals surface area contributed by atoms with Gasteiger partial charge in [0.1, 0.15) is 17.3 Å². The van der Waals surface area contributed by atoms with Gasteiger partial charge in [0.05, 0.1) is 19.1 Å². The van der Waals surface area contributed by atoms with Crippen LogP contribution in [0.5, 0.6) is 11.5 Å². The highest BCUT2D eigenvalue weighted by Crippen LogP contribution is 2.29. The van der Waals surface area contributed by atoms with Crippen molar-refractivity contribution in [2.24, 2.45) is 0 Å². The lowest BCUT2D eigenvalue weighted by Gasteiger charge is -2.18. The molecule has 1 heterocycles. The van der Waals surface area contributed by atoms with Crippen LogP contribution < -0.4 is 9.47 Å². The average Bonchev–Trinajstić information content (AvgIpc) is 3.04. The number of methoxy groups -OCH3 is 2. The van der Waals surface area contributed by atoms with Gasteiger partial charge >= 0.3 is 0 Å². The molecule has 0 fully saturated rings. The largest absolute Gasteiger partial charge is 0.497 e. The van der Waals surface area contributed by atoms with E-state index in [4.69, 9.17) is 9.47 Å². The lowest BCUT2D eigenvalue weighted by molar-refractivity contribution is 0.0789. The normalized spacial score (nSPS) is 10.7. The zero-order chi connectivity index (χ0) is 18.0. The number of amides is 1. The Hall–Kier alpha value is -2.60. The predicted octanol–water partition coefficient (Wildman–Crippen LogP) is 4.33. The van der Waals surface area contributed by atoms with Crippen molar-refractivity contribution in [1.82, 2.24) is 4.90 Å². The van der Waals surface area contributed by atoms with E-state index in [1.807, 2.05) is 12.1 Å². The van der Waals surface area contributed by atoms with Gasteiger partial charge in [-0.1, -0.05) is 6.07 Å². The van der Waals surface area contributed by atoms with Gasteiger partial charge in [-0.3, -0.25) is 4.79 Å². The van der Waals surface area contributed by atoms with Gasteiger partial charge in [-0.05, 0) is 35.7 Å². The number of hydrogen-bond donors (Lipinski definition) is 0. The summed E-state index contributed by atoms with van der Waals surface area (Å²) in [5.41, 5.74) is 0.881. The molecule has 1 amide bonds. The molecule has 0 radical (unpaired) electrons. The fourth-order valence-electron chi connectivity index (χ4n) is 2.61. The molecule has 6 heteroatoms. The summed E-state index contributed by atoms with van der Waals surface area (Å²) < 4.78 is 24.7. The number of carbonyl (C=O) groups is 1. The van der Waals surface area contributed by atoms with E-state index in [0.717, 1.165) is 15.6 Å². The molecular formula is C19H18FNO3S. The number of ether oxygens (including phenoxy) is 2. The summed E-state index contributed by atoms with van der Waals surface area (Å²) >= 11 is 1.29. The van der Waals surface area contributed by atoms with Crippen LogP contribution in [-0.2, 0) is 6.54 Å². The lowest BCUT2D eigenvalue weighted by Crippen LogP contribution is -2.25. The summed E-state index contributed by atoms with van der Waals surface area (Å²) in [5, 5.41) is 0.866. The molecule has 0 spiro atoms. The van der Waals surface area contributed by atoms with Crippen molar-refractivity contribution < 1.29 is 18.7 Å². The number of benzene rings is 2. The van der Waals surface area contributed by atoms with E-state index < -0.39 is 0 Å². The maximum absolute atomic E-state index is 13.3. The summed E-state index contributed by atoms with van der Waals surface area (Å²) in [6.45, 7) is 0.397. The highest BCUT2D eigenvalue weighted by molar-refractivity contribution is 7.20. The van der Waals surface area contributed by atoms with Crippen LogP contribution in [0.25, 0.3) is 10.1 Å². The van der Waals surface area contributed by atoms with Gasteiger partial charge in [0, 0.05) is 29.9 Å². The molecule has 0 saturated heterocycles. The third-order valence-corrected chi connectivity index (χ3v) is 5.03. The zero-order valence-corrected chi connectivity index (χ0v) is 15.0. The van der Waals surface area contributed by atoms with Gasteiger partial charge in [0.15, 0.2) is 0 Å². The zero-order valence-electron chi connectivity index (χ0n) is 14.2. The number of thiophene rings is 1. The fraction of sp³-hybridized carbons (Fsp3) is 0.211. The molecule has 3 aromatic rings. The van der Waals surface area contributed by atoms with E-state index in [9.17, 15) is 9.18 Å². The van der Waals surface area contributed by atoms with Gasteiger partial charge in [-0.15, -0.1) is 11.3 Å². The average molecular weight is 359 g/mol. The van der Waals surface area contributed by atoms with E-state index in [1.165, 1.54) is 23.5 Å². The monoisotopic (exact) mass is 359 g/mol. The molecule has 0 atom stereocenters.